The van der Waals surface area contributed by atoms with Crippen LogP contribution in [-0.4, -0.2) is 20.0 Å². The number of ketones is 1. The molecule has 0 heterocycles. The lowest BCUT2D eigenvalue weighted by Crippen LogP contribution is -2.06. The number of carbonyl (C=O) groups excluding carboxylic acids is 1. The molecule has 3 nitrogen and oxygen atoms in total. The molecule has 0 aliphatic carbocycles. The van der Waals surface area contributed by atoms with Crippen molar-refractivity contribution in [3.8, 4) is 11.5 Å². The molecule has 110 valence electrons. The first-order valence-corrected chi connectivity index (χ1v) is 7.32. The van der Waals surface area contributed by atoms with Crippen molar-refractivity contribution in [2.45, 2.75) is 6.42 Å². The van der Waals surface area contributed by atoms with Crippen LogP contribution in [0.5, 0.6) is 11.5 Å². The van der Waals surface area contributed by atoms with Gasteiger partial charge in [0.15, 0.2) is 17.3 Å². The summed E-state index contributed by atoms with van der Waals surface area (Å²) < 4.78 is 24.1. The fourth-order valence-corrected chi connectivity index (χ4v) is 2.76. The van der Waals surface area contributed by atoms with E-state index in [1.54, 1.807) is 26.4 Å². The third-order valence-corrected chi connectivity index (χ3v) is 3.94. The summed E-state index contributed by atoms with van der Waals surface area (Å²) in [5, 5.41) is 0. The van der Waals surface area contributed by atoms with Gasteiger partial charge in [0, 0.05) is 15.6 Å². The summed E-state index contributed by atoms with van der Waals surface area (Å²) in [5.41, 5.74) is 1.34. The Kier molecular flexibility index (Phi) is 5.17. The van der Waals surface area contributed by atoms with Crippen molar-refractivity contribution in [3.63, 3.8) is 0 Å². The highest BCUT2D eigenvalue weighted by Gasteiger charge is 2.13. The molecule has 2 rings (SSSR count). The number of hydrogen-bond donors (Lipinski definition) is 0. The van der Waals surface area contributed by atoms with Crippen LogP contribution in [0.3, 0.4) is 0 Å². The highest BCUT2D eigenvalue weighted by atomic mass is 127. The number of Topliss-reactive ketones (excluding diaryl/α,β-unsaturated/α-hetero) is 1. The van der Waals surface area contributed by atoms with Crippen LogP contribution in [0.1, 0.15) is 15.9 Å². The van der Waals surface area contributed by atoms with Gasteiger partial charge in [-0.15, -0.1) is 0 Å². The summed E-state index contributed by atoms with van der Waals surface area (Å²) in [4.78, 5) is 12.3. The van der Waals surface area contributed by atoms with Crippen molar-refractivity contribution < 1.29 is 18.7 Å². The van der Waals surface area contributed by atoms with Gasteiger partial charge in [0.2, 0.25) is 0 Å². The number of ether oxygens (including phenoxy) is 2. The number of benzene rings is 2. The second-order valence-corrected chi connectivity index (χ2v) is 5.58. The Hall–Kier alpha value is -1.63. The first-order valence-electron chi connectivity index (χ1n) is 6.24. The van der Waals surface area contributed by atoms with E-state index in [-0.39, 0.29) is 18.0 Å². The van der Waals surface area contributed by atoms with E-state index < -0.39 is 0 Å². The number of halogens is 2. The third kappa shape index (κ3) is 3.72. The zero-order chi connectivity index (χ0) is 15.4. The number of methoxy groups -OCH3 is 2. The van der Waals surface area contributed by atoms with E-state index in [4.69, 9.17) is 9.47 Å². The molecule has 5 heteroatoms. The van der Waals surface area contributed by atoms with Crippen molar-refractivity contribution in [1.82, 2.24) is 0 Å². The molecule has 0 bridgehead atoms. The van der Waals surface area contributed by atoms with E-state index in [9.17, 15) is 9.18 Å². The van der Waals surface area contributed by atoms with Crippen molar-refractivity contribution in [1.29, 1.82) is 0 Å². The van der Waals surface area contributed by atoms with Crippen LogP contribution < -0.4 is 9.47 Å². The molecule has 0 aromatic heterocycles. The van der Waals surface area contributed by atoms with E-state index in [1.807, 2.05) is 28.7 Å². The Labute approximate surface area is 136 Å². The van der Waals surface area contributed by atoms with Gasteiger partial charge in [-0.1, -0.05) is 6.07 Å². The predicted molar refractivity (Wildman–Crippen MR) is 86.7 cm³/mol. The minimum atomic E-state index is -0.345. The Morgan fingerprint density at radius 3 is 2.43 bits per heavy atom. The quantitative estimate of drug-likeness (QED) is 0.565. The SMILES string of the molecule is COc1ccc(CC(=O)c2ccc(F)cc2I)cc1OC. The molecule has 0 amide bonds. The maximum Gasteiger partial charge on any atom is 0.168 e. The lowest BCUT2D eigenvalue weighted by molar-refractivity contribution is 0.0992. The summed E-state index contributed by atoms with van der Waals surface area (Å²) in [6, 6.07) is 9.51. The largest absolute Gasteiger partial charge is 0.493 e. The molecular weight excluding hydrogens is 386 g/mol. The minimum Gasteiger partial charge on any atom is -0.493 e. The molecule has 0 radical (unpaired) electrons. The highest BCUT2D eigenvalue weighted by Crippen LogP contribution is 2.28. The van der Waals surface area contributed by atoms with Crippen LogP contribution in [0.25, 0.3) is 0 Å². The molecule has 2 aromatic rings. The van der Waals surface area contributed by atoms with E-state index in [2.05, 4.69) is 0 Å². The Bertz CT molecular complexity index is 671. The third-order valence-electron chi connectivity index (χ3n) is 3.04. The number of rotatable bonds is 5. The van der Waals surface area contributed by atoms with E-state index in [0.29, 0.717) is 20.6 Å². The molecule has 0 saturated heterocycles. The molecule has 0 fully saturated rings. The first kappa shape index (κ1) is 15.8. The normalized spacial score (nSPS) is 10.3. The lowest BCUT2D eigenvalue weighted by atomic mass is 10.0. The average molecular weight is 400 g/mol. The van der Waals surface area contributed by atoms with Gasteiger partial charge in [0.25, 0.3) is 0 Å². The van der Waals surface area contributed by atoms with Crippen LogP contribution >= 0.6 is 22.6 Å². The van der Waals surface area contributed by atoms with Gasteiger partial charge in [-0.2, -0.15) is 0 Å². The van der Waals surface area contributed by atoms with Gasteiger partial charge < -0.3 is 9.47 Å². The summed E-state index contributed by atoms with van der Waals surface area (Å²) in [7, 11) is 3.11. The van der Waals surface area contributed by atoms with Gasteiger partial charge >= 0.3 is 0 Å². The Morgan fingerprint density at radius 2 is 1.81 bits per heavy atom. The number of carbonyl (C=O) groups is 1. The number of hydrogen-bond acceptors (Lipinski definition) is 3. The smallest absolute Gasteiger partial charge is 0.168 e. The predicted octanol–water partition coefficient (Wildman–Crippen LogP) is 3.87. The fourth-order valence-electron chi connectivity index (χ4n) is 1.99. The Morgan fingerprint density at radius 1 is 1.10 bits per heavy atom. The van der Waals surface area contributed by atoms with E-state index >= 15 is 0 Å². The zero-order valence-electron chi connectivity index (χ0n) is 11.7. The topological polar surface area (TPSA) is 35.5 Å². The van der Waals surface area contributed by atoms with Gasteiger partial charge in [-0.3, -0.25) is 4.79 Å². The van der Waals surface area contributed by atoms with Crippen molar-refractivity contribution in [2.75, 3.05) is 14.2 Å². The Balaban J connectivity index is 2.23. The second-order valence-electron chi connectivity index (χ2n) is 4.41. The van der Waals surface area contributed by atoms with Gasteiger partial charge in [0.1, 0.15) is 5.82 Å². The molecule has 0 aliphatic rings. The first-order chi connectivity index (χ1) is 10.0. The van der Waals surface area contributed by atoms with Crippen LogP contribution in [-0.2, 0) is 6.42 Å². The van der Waals surface area contributed by atoms with E-state index in [1.165, 1.54) is 18.2 Å². The standard InChI is InChI=1S/C16H14FIO3/c1-20-15-6-3-10(8-16(15)21-2)7-14(19)12-5-4-11(17)9-13(12)18/h3-6,8-9H,7H2,1-2H3. The lowest BCUT2D eigenvalue weighted by Gasteiger charge is -2.09. The van der Waals surface area contributed by atoms with Crippen molar-refractivity contribution in [2.24, 2.45) is 0 Å². The van der Waals surface area contributed by atoms with Crippen molar-refractivity contribution >= 4 is 28.4 Å². The molecule has 0 unspecified atom stereocenters. The maximum absolute atomic E-state index is 13.1. The summed E-state index contributed by atoms with van der Waals surface area (Å²) in [6.07, 6.45) is 0.224. The molecule has 0 aliphatic heterocycles. The second kappa shape index (κ2) is 6.89. The van der Waals surface area contributed by atoms with Crippen LogP contribution in [0, 0.1) is 9.39 Å². The molecule has 21 heavy (non-hydrogen) atoms. The van der Waals surface area contributed by atoms with Gasteiger partial charge in [-0.05, 0) is 58.5 Å². The molecule has 2 aromatic carbocycles. The summed E-state index contributed by atoms with van der Waals surface area (Å²) >= 11 is 1.96. The van der Waals surface area contributed by atoms with Gasteiger partial charge in [0.05, 0.1) is 14.2 Å². The fraction of sp³-hybridized carbons (Fsp3) is 0.188. The van der Waals surface area contributed by atoms with Crippen LogP contribution in [0.15, 0.2) is 36.4 Å². The summed E-state index contributed by atoms with van der Waals surface area (Å²) in [6.45, 7) is 0. The molecular formula is C16H14FIO3. The van der Waals surface area contributed by atoms with E-state index in [0.717, 1.165) is 5.56 Å². The molecule has 0 N–H and O–H groups in total. The van der Waals surface area contributed by atoms with Gasteiger partial charge in [-0.25, -0.2) is 4.39 Å². The van der Waals surface area contributed by atoms with Crippen LogP contribution in [0.2, 0.25) is 0 Å². The molecule has 0 spiro atoms. The zero-order valence-corrected chi connectivity index (χ0v) is 13.8. The average Bonchev–Trinajstić information content (AvgIpc) is 2.46. The van der Waals surface area contributed by atoms with Crippen molar-refractivity contribution in [3.05, 3.63) is 56.9 Å². The highest BCUT2D eigenvalue weighted by molar-refractivity contribution is 14.1. The minimum absolute atomic E-state index is 0.0633. The monoisotopic (exact) mass is 400 g/mol. The van der Waals surface area contributed by atoms with Crippen LogP contribution in [0.4, 0.5) is 4.39 Å². The molecule has 0 atom stereocenters. The summed E-state index contributed by atoms with van der Waals surface area (Å²) in [5.74, 6) is 0.787. The molecule has 0 saturated carbocycles. The maximum atomic E-state index is 13.1.